The average molecular weight is 250 g/mol. The van der Waals surface area contributed by atoms with Crippen LogP contribution in [0.25, 0.3) is 0 Å². The second-order valence-electron chi connectivity index (χ2n) is 5.86. The lowest BCUT2D eigenvalue weighted by atomic mass is 9.68. The van der Waals surface area contributed by atoms with Crippen molar-refractivity contribution in [2.24, 2.45) is 5.73 Å². The second-order valence-corrected chi connectivity index (χ2v) is 5.86. The van der Waals surface area contributed by atoms with Gasteiger partial charge in [-0.1, -0.05) is 12.1 Å². The fraction of sp³-hybridized carbons (Fsp3) is 0.600. The molecule has 0 aromatic heterocycles. The van der Waals surface area contributed by atoms with Gasteiger partial charge in [-0.3, -0.25) is 0 Å². The molecule has 0 heterocycles. The van der Waals surface area contributed by atoms with Gasteiger partial charge in [0.15, 0.2) is 0 Å². The summed E-state index contributed by atoms with van der Waals surface area (Å²) in [4.78, 5) is 2.22. The lowest BCUT2D eigenvalue weighted by Gasteiger charge is -2.41. The van der Waals surface area contributed by atoms with Gasteiger partial charge in [0, 0.05) is 18.0 Å². The number of benzene rings is 1. The molecule has 0 saturated heterocycles. The molecule has 3 heteroatoms. The number of likely N-dealkylation sites (N-methyl/N-ethyl adjacent to an activating group) is 1. The molecule has 1 saturated carbocycles. The van der Waals surface area contributed by atoms with Crippen molar-refractivity contribution in [1.29, 1.82) is 0 Å². The van der Waals surface area contributed by atoms with E-state index >= 15 is 0 Å². The Morgan fingerprint density at radius 2 is 1.78 bits per heavy atom. The van der Waals surface area contributed by atoms with Crippen LogP contribution in [-0.2, 0) is 5.41 Å². The van der Waals surface area contributed by atoms with Crippen LogP contribution >= 0.6 is 0 Å². The van der Waals surface area contributed by atoms with E-state index in [1.165, 1.54) is 5.56 Å². The zero-order valence-electron chi connectivity index (χ0n) is 11.3. The van der Waals surface area contributed by atoms with Gasteiger partial charge in [-0.15, -0.1) is 0 Å². The molecule has 2 nitrogen and oxygen atoms in total. The number of rotatable bonds is 3. The Balaban J connectivity index is 2.27. The Hall–Kier alpha value is -0.930. The molecule has 0 radical (unpaired) electrons. The van der Waals surface area contributed by atoms with E-state index in [-0.39, 0.29) is 11.2 Å². The molecule has 0 bridgehead atoms. The third kappa shape index (κ3) is 2.90. The molecule has 2 rings (SSSR count). The number of hydrogen-bond acceptors (Lipinski definition) is 2. The van der Waals surface area contributed by atoms with Gasteiger partial charge in [0.25, 0.3) is 0 Å². The summed E-state index contributed by atoms with van der Waals surface area (Å²) < 4.78 is 13.1. The van der Waals surface area contributed by atoms with E-state index in [0.29, 0.717) is 6.04 Å². The number of hydrogen-bond donors (Lipinski definition) is 1. The molecule has 1 aromatic rings. The molecule has 0 spiro atoms. The van der Waals surface area contributed by atoms with Crippen LogP contribution in [0.15, 0.2) is 24.3 Å². The summed E-state index contributed by atoms with van der Waals surface area (Å²) in [6, 6.07) is 7.36. The highest BCUT2D eigenvalue weighted by atomic mass is 19.1. The zero-order chi connectivity index (χ0) is 13.2. The van der Waals surface area contributed by atoms with Crippen molar-refractivity contribution in [2.45, 2.75) is 37.1 Å². The van der Waals surface area contributed by atoms with E-state index in [0.717, 1.165) is 32.2 Å². The lowest BCUT2D eigenvalue weighted by Crippen LogP contribution is -2.43. The minimum atomic E-state index is -0.161. The van der Waals surface area contributed by atoms with E-state index in [4.69, 9.17) is 5.73 Å². The summed E-state index contributed by atoms with van der Waals surface area (Å²) in [6.07, 6.45) is 4.31. The molecule has 1 aliphatic rings. The van der Waals surface area contributed by atoms with Crippen molar-refractivity contribution in [3.63, 3.8) is 0 Å². The van der Waals surface area contributed by atoms with Gasteiger partial charge in [-0.25, -0.2) is 4.39 Å². The highest BCUT2D eigenvalue weighted by Crippen LogP contribution is 2.39. The van der Waals surface area contributed by atoms with Gasteiger partial charge >= 0.3 is 0 Å². The Bertz CT molecular complexity index is 378. The maximum absolute atomic E-state index is 13.1. The van der Waals surface area contributed by atoms with E-state index in [9.17, 15) is 4.39 Å². The monoisotopic (exact) mass is 250 g/mol. The van der Waals surface area contributed by atoms with Gasteiger partial charge in [0.05, 0.1) is 0 Å². The predicted molar refractivity (Wildman–Crippen MR) is 73.1 cm³/mol. The molecule has 0 aliphatic heterocycles. The van der Waals surface area contributed by atoms with E-state index in [1.54, 1.807) is 12.1 Å². The summed E-state index contributed by atoms with van der Waals surface area (Å²) in [6.45, 7) is 1.01. The molecule has 1 aliphatic carbocycles. The van der Waals surface area contributed by atoms with E-state index < -0.39 is 0 Å². The van der Waals surface area contributed by atoms with Crippen molar-refractivity contribution in [2.75, 3.05) is 20.6 Å². The second kappa shape index (κ2) is 5.37. The van der Waals surface area contributed by atoms with Crippen LogP contribution in [0.5, 0.6) is 0 Å². The third-order valence-electron chi connectivity index (χ3n) is 4.06. The lowest BCUT2D eigenvalue weighted by molar-refractivity contribution is 0.204. The Morgan fingerprint density at radius 3 is 2.28 bits per heavy atom. The molecule has 0 atom stereocenters. The van der Waals surface area contributed by atoms with E-state index in [1.807, 2.05) is 12.1 Å². The highest BCUT2D eigenvalue weighted by molar-refractivity contribution is 5.27. The number of nitrogens with zero attached hydrogens (tertiary/aromatic N) is 1. The standard InChI is InChI=1S/C15H23FN2/c1-18(2)11-15(9-7-14(17)8-10-15)12-3-5-13(16)6-4-12/h3-6,14H,7-11,17H2,1-2H3. The van der Waals surface area contributed by atoms with E-state index in [2.05, 4.69) is 19.0 Å². The predicted octanol–water partition coefficient (Wildman–Crippen LogP) is 2.53. The smallest absolute Gasteiger partial charge is 0.123 e. The Kier molecular flexibility index (Phi) is 4.03. The molecule has 100 valence electrons. The van der Waals surface area contributed by atoms with Crippen LogP contribution in [0.4, 0.5) is 4.39 Å². The Morgan fingerprint density at radius 1 is 1.22 bits per heavy atom. The first-order chi connectivity index (χ1) is 8.52. The van der Waals surface area contributed by atoms with Crippen molar-refractivity contribution in [1.82, 2.24) is 4.90 Å². The Labute approximate surface area is 109 Å². The van der Waals surface area contributed by atoms with Crippen LogP contribution in [0.1, 0.15) is 31.2 Å². The zero-order valence-corrected chi connectivity index (χ0v) is 11.3. The van der Waals surface area contributed by atoms with Crippen molar-refractivity contribution < 1.29 is 4.39 Å². The quantitative estimate of drug-likeness (QED) is 0.893. The fourth-order valence-corrected chi connectivity index (χ4v) is 3.14. The molecule has 0 amide bonds. The molecular formula is C15H23FN2. The molecular weight excluding hydrogens is 227 g/mol. The molecule has 18 heavy (non-hydrogen) atoms. The minimum absolute atomic E-state index is 0.146. The third-order valence-corrected chi connectivity index (χ3v) is 4.06. The SMILES string of the molecule is CN(C)CC1(c2ccc(F)cc2)CCC(N)CC1. The number of halogens is 1. The summed E-state index contributed by atoms with van der Waals surface area (Å²) in [5, 5.41) is 0. The summed E-state index contributed by atoms with van der Waals surface area (Å²) in [7, 11) is 4.19. The average Bonchev–Trinajstić information content (AvgIpc) is 2.33. The normalized spacial score (nSPS) is 28.6. The van der Waals surface area contributed by atoms with Gasteiger partial charge in [-0.2, -0.15) is 0 Å². The topological polar surface area (TPSA) is 29.3 Å². The maximum Gasteiger partial charge on any atom is 0.123 e. The van der Waals surface area contributed by atoms with Gasteiger partial charge in [0.2, 0.25) is 0 Å². The first-order valence-electron chi connectivity index (χ1n) is 6.68. The van der Waals surface area contributed by atoms with Crippen LogP contribution in [0, 0.1) is 5.82 Å². The van der Waals surface area contributed by atoms with Gasteiger partial charge in [-0.05, 0) is 57.5 Å². The summed E-state index contributed by atoms with van der Waals surface area (Å²) in [5.74, 6) is -0.161. The van der Waals surface area contributed by atoms with Crippen molar-refractivity contribution in [3.05, 3.63) is 35.6 Å². The van der Waals surface area contributed by atoms with Crippen LogP contribution in [0.2, 0.25) is 0 Å². The fourth-order valence-electron chi connectivity index (χ4n) is 3.14. The largest absolute Gasteiger partial charge is 0.328 e. The van der Waals surface area contributed by atoms with Crippen LogP contribution in [0.3, 0.4) is 0 Å². The summed E-state index contributed by atoms with van der Waals surface area (Å²) >= 11 is 0. The highest BCUT2D eigenvalue weighted by Gasteiger charge is 2.36. The molecule has 1 fully saturated rings. The van der Waals surface area contributed by atoms with Crippen molar-refractivity contribution >= 4 is 0 Å². The molecule has 1 aromatic carbocycles. The maximum atomic E-state index is 13.1. The van der Waals surface area contributed by atoms with Crippen LogP contribution < -0.4 is 5.73 Å². The van der Waals surface area contributed by atoms with Crippen LogP contribution in [-0.4, -0.2) is 31.6 Å². The summed E-state index contributed by atoms with van der Waals surface area (Å²) in [5.41, 5.74) is 7.42. The molecule has 2 N–H and O–H groups in total. The number of nitrogens with two attached hydrogens (primary N) is 1. The van der Waals surface area contributed by atoms with Crippen molar-refractivity contribution in [3.8, 4) is 0 Å². The van der Waals surface area contributed by atoms with Gasteiger partial charge < -0.3 is 10.6 Å². The first kappa shape index (κ1) is 13.5. The first-order valence-corrected chi connectivity index (χ1v) is 6.68. The molecule has 0 unspecified atom stereocenters. The minimum Gasteiger partial charge on any atom is -0.328 e. The van der Waals surface area contributed by atoms with Gasteiger partial charge in [0.1, 0.15) is 5.82 Å².